The number of halogens is 2. The predicted octanol–water partition coefficient (Wildman–Crippen LogP) is 2.41. The van der Waals surface area contributed by atoms with Gasteiger partial charge in [0.2, 0.25) is 5.60 Å². The second kappa shape index (κ2) is 7.19. The van der Waals surface area contributed by atoms with Gasteiger partial charge in [-0.1, -0.05) is 0 Å². The van der Waals surface area contributed by atoms with Gasteiger partial charge in [-0.05, 0) is 38.0 Å². The molecule has 1 atom stereocenters. The Hall–Kier alpha value is -2.61. The average molecular weight is 377 g/mol. The molecule has 27 heavy (non-hydrogen) atoms. The number of anilines is 1. The van der Waals surface area contributed by atoms with Gasteiger partial charge in [0.05, 0.1) is 11.9 Å². The van der Waals surface area contributed by atoms with E-state index in [1.807, 2.05) is 13.8 Å². The van der Waals surface area contributed by atoms with Gasteiger partial charge in [0.25, 0.3) is 5.91 Å². The summed E-state index contributed by atoms with van der Waals surface area (Å²) in [4.78, 5) is 26.5. The third kappa shape index (κ3) is 3.75. The third-order valence-corrected chi connectivity index (χ3v) is 4.75. The van der Waals surface area contributed by atoms with E-state index in [4.69, 9.17) is 0 Å². The molecule has 1 N–H and O–H groups in total. The maximum atomic E-state index is 13.2. The van der Waals surface area contributed by atoms with Crippen LogP contribution in [0.25, 0.3) is 0 Å². The van der Waals surface area contributed by atoms with Crippen molar-refractivity contribution in [3.05, 3.63) is 47.8 Å². The first-order valence-electron chi connectivity index (χ1n) is 8.77. The number of ketones is 1. The van der Waals surface area contributed by atoms with E-state index in [9.17, 15) is 23.5 Å². The van der Waals surface area contributed by atoms with Crippen molar-refractivity contribution in [1.29, 1.82) is 0 Å². The molecule has 1 aliphatic heterocycles. The van der Waals surface area contributed by atoms with Crippen LogP contribution in [0.3, 0.4) is 0 Å². The van der Waals surface area contributed by atoms with Crippen molar-refractivity contribution in [2.45, 2.75) is 44.8 Å². The number of rotatable bonds is 6. The summed E-state index contributed by atoms with van der Waals surface area (Å²) in [5.41, 5.74) is -1.30. The second-order valence-electron chi connectivity index (χ2n) is 7.04. The highest BCUT2D eigenvalue weighted by atomic mass is 19.1. The highest BCUT2D eigenvalue weighted by Crippen LogP contribution is 2.30. The smallest absolute Gasteiger partial charge is 0.266 e. The number of hydrogen-bond acceptors (Lipinski definition) is 4. The molecular weight excluding hydrogens is 356 g/mol. The summed E-state index contributed by atoms with van der Waals surface area (Å²) in [6, 6.07) is 3.12. The number of nitrogens with zero attached hydrogens (tertiary/aromatic N) is 3. The molecular formula is C19H21F2N3O3. The number of amides is 1. The van der Waals surface area contributed by atoms with E-state index in [1.54, 1.807) is 10.9 Å². The summed E-state index contributed by atoms with van der Waals surface area (Å²) >= 11 is 0. The zero-order chi connectivity index (χ0) is 19.8. The van der Waals surface area contributed by atoms with Gasteiger partial charge < -0.3 is 10.0 Å². The van der Waals surface area contributed by atoms with Crippen molar-refractivity contribution in [2.24, 2.45) is 0 Å². The fourth-order valence-electron chi connectivity index (χ4n) is 3.18. The average Bonchev–Trinajstić information content (AvgIpc) is 3.18. The fraction of sp³-hybridized carbons (Fsp3) is 0.421. The maximum Gasteiger partial charge on any atom is 0.266 e. The Morgan fingerprint density at radius 2 is 1.96 bits per heavy atom. The number of benzene rings is 1. The monoisotopic (exact) mass is 377 g/mol. The van der Waals surface area contributed by atoms with Crippen molar-refractivity contribution < 1.29 is 23.5 Å². The molecule has 2 heterocycles. The molecule has 0 radical (unpaired) electrons. The standard InChI is InChI=1S/C19H21F2N3O3/c1-12(2)24-11-16(10-22-24)23-6-5-19(27,18(23)26)17(25)4-3-13-7-14(20)9-15(21)8-13/h7-12,27H,3-6H2,1-2H3/t19-/m0/s1. The van der Waals surface area contributed by atoms with Crippen LogP contribution in [-0.4, -0.2) is 38.7 Å². The zero-order valence-corrected chi connectivity index (χ0v) is 15.2. The van der Waals surface area contributed by atoms with Gasteiger partial charge >= 0.3 is 0 Å². The van der Waals surface area contributed by atoms with Gasteiger partial charge in [0.15, 0.2) is 5.78 Å². The number of Topliss-reactive ketones (excluding diaryl/α,β-unsaturated/α-hetero) is 1. The molecule has 1 aromatic heterocycles. The van der Waals surface area contributed by atoms with Crippen molar-refractivity contribution in [3.8, 4) is 0 Å². The minimum Gasteiger partial charge on any atom is -0.373 e. The van der Waals surface area contributed by atoms with E-state index < -0.39 is 28.9 Å². The number of aliphatic hydroxyl groups is 1. The number of carbonyl (C=O) groups excluding carboxylic acids is 2. The molecule has 0 spiro atoms. The molecule has 144 valence electrons. The number of hydrogen-bond donors (Lipinski definition) is 1. The molecule has 2 aromatic rings. The molecule has 1 amide bonds. The van der Waals surface area contributed by atoms with Crippen molar-refractivity contribution in [1.82, 2.24) is 9.78 Å². The lowest BCUT2D eigenvalue weighted by atomic mass is 9.92. The highest BCUT2D eigenvalue weighted by Gasteiger charge is 2.51. The Bertz CT molecular complexity index is 861. The number of aryl methyl sites for hydroxylation is 1. The van der Waals surface area contributed by atoms with Gasteiger partial charge in [0.1, 0.15) is 11.6 Å². The Morgan fingerprint density at radius 1 is 1.30 bits per heavy atom. The van der Waals surface area contributed by atoms with E-state index in [0.29, 0.717) is 11.3 Å². The SMILES string of the molecule is CC(C)n1cc(N2CC[C@](O)(C(=O)CCc3cc(F)cc(F)c3)C2=O)cn1. The fourth-order valence-corrected chi connectivity index (χ4v) is 3.18. The summed E-state index contributed by atoms with van der Waals surface area (Å²) in [5, 5.41) is 14.8. The first kappa shape index (κ1) is 19.2. The molecule has 0 bridgehead atoms. The van der Waals surface area contributed by atoms with E-state index in [1.165, 1.54) is 11.1 Å². The summed E-state index contributed by atoms with van der Waals surface area (Å²) in [5.74, 6) is -2.82. The quantitative estimate of drug-likeness (QED) is 0.785. The van der Waals surface area contributed by atoms with Gasteiger partial charge in [0, 0.05) is 37.7 Å². The first-order valence-corrected chi connectivity index (χ1v) is 8.77. The zero-order valence-electron chi connectivity index (χ0n) is 15.2. The molecule has 3 rings (SSSR count). The Morgan fingerprint density at radius 3 is 2.56 bits per heavy atom. The summed E-state index contributed by atoms with van der Waals surface area (Å²) in [6.07, 6.45) is 3.02. The van der Waals surface area contributed by atoms with Crippen molar-refractivity contribution in [2.75, 3.05) is 11.4 Å². The lowest BCUT2D eigenvalue weighted by molar-refractivity contribution is -0.147. The van der Waals surface area contributed by atoms with Crippen LogP contribution in [-0.2, 0) is 16.0 Å². The van der Waals surface area contributed by atoms with Gasteiger partial charge in [-0.2, -0.15) is 5.10 Å². The van der Waals surface area contributed by atoms with E-state index >= 15 is 0 Å². The van der Waals surface area contributed by atoms with E-state index in [2.05, 4.69) is 5.10 Å². The van der Waals surface area contributed by atoms with Crippen LogP contribution in [0.2, 0.25) is 0 Å². The van der Waals surface area contributed by atoms with Gasteiger partial charge in [-0.15, -0.1) is 0 Å². The van der Waals surface area contributed by atoms with Gasteiger partial charge in [-0.25, -0.2) is 8.78 Å². The molecule has 1 aliphatic rings. The molecule has 1 fully saturated rings. The van der Waals surface area contributed by atoms with Crippen molar-refractivity contribution in [3.63, 3.8) is 0 Å². The summed E-state index contributed by atoms with van der Waals surface area (Å²) < 4.78 is 28.2. The predicted molar refractivity (Wildman–Crippen MR) is 94.2 cm³/mol. The van der Waals surface area contributed by atoms with Crippen LogP contribution in [0.5, 0.6) is 0 Å². The largest absolute Gasteiger partial charge is 0.373 e. The molecule has 0 unspecified atom stereocenters. The van der Waals surface area contributed by atoms with E-state index in [0.717, 1.165) is 18.2 Å². The maximum absolute atomic E-state index is 13.2. The van der Waals surface area contributed by atoms with Crippen LogP contribution in [0.1, 0.15) is 38.3 Å². The van der Waals surface area contributed by atoms with E-state index in [-0.39, 0.29) is 31.8 Å². The normalized spacial score (nSPS) is 19.9. The third-order valence-electron chi connectivity index (χ3n) is 4.75. The Labute approximate surface area is 155 Å². The van der Waals surface area contributed by atoms with Crippen LogP contribution in [0.15, 0.2) is 30.6 Å². The van der Waals surface area contributed by atoms with Crippen molar-refractivity contribution >= 4 is 17.4 Å². The van der Waals surface area contributed by atoms with Crippen LogP contribution in [0, 0.1) is 11.6 Å². The van der Waals surface area contributed by atoms with Crippen LogP contribution >= 0.6 is 0 Å². The molecule has 0 aliphatic carbocycles. The minimum absolute atomic E-state index is 0.0327. The topological polar surface area (TPSA) is 75.4 Å². The molecule has 1 aromatic carbocycles. The molecule has 8 heteroatoms. The van der Waals surface area contributed by atoms with Crippen LogP contribution in [0.4, 0.5) is 14.5 Å². The number of carbonyl (C=O) groups is 2. The Kier molecular flexibility index (Phi) is 5.10. The van der Waals surface area contributed by atoms with Crippen LogP contribution < -0.4 is 4.90 Å². The second-order valence-corrected chi connectivity index (χ2v) is 7.04. The number of aromatic nitrogens is 2. The Balaban J connectivity index is 1.70. The molecule has 1 saturated heterocycles. The lowest BCUT2D eigenvalue weighted by Gasteiger charge is -2.20. The molecule has 6 nitrogen and oxygen atoms in total. The molecule has 0 saturated carbocycles. The summed E-state index contributed by atoms with van der Waals surface area (Å²) in [7, 11) is 0. The summed E-state index contributed by atoms with van der Waals surface area (Å²) in [6.45, 7) is 4.08. The first-order chi connectivity index (χ1) is 12.7. The minimum atomic E-state index is -2.12. The van der Waals surface area contributed by atoms with Gasteiger partial charge in [-0.3, -0.25) is 14.3 Å². The lowest BCUT2D eigenvalue weighted by Crippen LogP contribution is -2.47. The highest BCUT2D eigenvalue weighted by molar-refractivity contribution is 6.16.